The van der Waals surface area contributed by atoms with Crippen LogP contribution in [0.15, 0.2) is 132 Å². The molecular formula is C29H26NO2P. The van der Waals surface area contributed by atoms with Gasteiger partial charge >= 0.3 is 5.97 Å². The number of ether oxygens (including phenoxy) is 1. The molecule has 0 N–H and O–H groups in total. The first-order valence-corrected chi connectivity index (χ1v) is 12.7. The second kappa shape index (κ2) is 10.8. The molecule has 0 bridgehead atoms. The average Bonchev–Trinajstić information content (AvgIpc) is 2.89. The highest BCUT2D eigenvalue weighted by Gasteiger charge is 2.29. The van der Waals surface area contributed by atoms with Gasteiger partial charge in [0, 0.05) is 15.9 Å². The van der Waals surface area contributed by atoms with Crippen LogP contribution >= 0.6 is 7.05 Å². The SMILES string of the molecule is CCOC(=O)/C(=C/c1ccccc1)N=P(c1ccccc1)(c1ccccc1)c1ccccc1. The van der Waals surface area contributed by atoms with Crippen molar-refractivity contribution >= 4 is 35.0 Å². The molecule has 0 heterocycles. The van der Waals surface area contributed by atoms with Crippen molar-refractivity contribution in [3.05, 3.63) is 133 Å². The molecule has 4 rings (SSSR count). The summed E-state index contributed by atoms with van der Waals surface area (Å²) in [6.07, 6.45) is 1.82. The standard InChI is InChI=1S/C29H26NO2P/c1-2-32-29(31)28(23-24-15-7-3-8-16-24)30-33(25-17-9-4-10-18-25,26-19-11-5-12-20-26)27-21-13-6-14-22-27/h3-23H,2H2,1H3/b28-23-. The Hall–Kier alpha value is -3.68. The first kappa shape index (κ1) is 22.5. The number of benzene rings is 4. The Kier molecular flexibility index (Phi) is 7.34. The van der Waals surface area contributed by atoms with Crippen molar-refractivity contribution in [2.24, 2.45) is 4.74 Å². The summed E-state index contributed by atoms with van der Waals surface area (Å²) >= 11 is 0. The molecule has 4 heteroatoms. The lowest BCUT2D eigenvalue weighted by Crippen LogP contribution is -2.26. The highest BCUT2D eigenvalue weighted by atomic mass is 31.2. The summed E-state index contributed by atoms with van der Waals surface area (Å²) in [5.41, 5.74) is 1.21. The normalized spacial score (nSPS) is 11.6. The zero-order valence-electron chi connectivity index (χ0n) is 18.5. The van der Waals surface area contributed by atoms with Crippen molar-refractivity contribution in [1.82, 2.24) is 0 Å². The Labute approximate surface area is 195 Å². The molecule has 0 unspecified atom stereocenters. The van der Waals surface area contributed by atoms with Crippen LogP contribution in [0.25, 0.3) is 6.08 Å². The van der Waals surface area contributed by atoms with E-state index in [1.165, 1.54) is 0 Å². The maximum Gasteiger partial charge on any atom is 0.356 e. The molecule has 0 saturated heterocycles. The second-order valence-corrected chi connectivity index (χ2v) is 10.4. The van der Waals surface area contributed by atoms with Crippen molar-refractivity contribution in [3.8, 4) is 0 Å². The van der Waals surface area contributed by atoms with Crippen LogP contribution in [-0.2, 0) is 9.53 Å². The van der Waals surface area contributed by atoms with E-state index in [1.54, 1.807) is 0 Å². The molecule has 0 amide bonds. The molecule has 33 heavy (non-hydrogen) atoms. The quantitative estimate of drug-likeness (QED) is 0.203. The van der Waals surface area contributed by atoms with Crippen molar-refractivity contribution in [2.75, 3.05) is 6.61 Å². The predicted octanol–water partition coefficient (Wildman–Crippen LogP) is 5.77. The van der Waals surface area contributed by atoms with Crippen molar-refractivity contribution in [1.29, 1.82) is 0 Å². The number of nitrogens with zero attached hydrogens (tertiary/aromatic N) is 1. The summed E-state index contributed by atoms with van der Waals surface area (Å²) in [5.74, 6) is -0.423. The van der Waals surface area contributed by atoms with Gasteiger partial charge in [-0.05, 0) is 18.6 Å². The van der Waals surface area contributed by atoms with Gasteiger partial charge in [-0.2, -0.15) is 0 Å². The lowest BCUT2D eigenvalue weighted by atomic mass is 10.2. The Morgan fingerprint density at radius 2 is 1.09 bits per heavy atom. The molecule has 0 saturated carbocycles. The topological polar surface area (TPSA) is 38.7 Å². The molecule has 0 atom stereocenters. The molecular weight excluding hydrogens is 425 g/mol. The van der Waals surface area contributed by atoms with E-state index in [-0.39, 0.29) is 6.61 Å². The van der Waals surface area contributed by atoms with Gasteiger partial charge in [-0.15, -0.1) is 0 Å². The number of carbonyl (C=O) groups excluding carboxylic acids is 1. The summed E-state index contributed by atoms with van der Waals surface area (Å²) in [7, 11) is -2.57. The maximum absolute atomic E-state index is 13.2. The van der Waals surface area contributed by atoms with Gasteiger partial charge in [0.1, 0.15) is 5.70 Å². The third kappa shape index (κ3) is 5.05. The third-order valence-corrected chi connectivity index (χ3v) is 8.89. The number of esters is 1. The molecule has 0 aliphatic carbocycles. The Morgan fingerprint density at radius 3 is 1.48 bits per heavy atom. The van der Waals surface area contributed by atoms with Gasteiger partial charge < -0.3 is 4.74 Å². The van der Waals surface area contributed by atoms with E-state index in [2.05, 4.69) is 36.4 Å². The fraction of sp³-hybridized carbons (Fsp3) is 0.0690. The molecule has 164 valence electrons. The van der Waals surface area contributed by atoms with Crippen LogP contribution in [0, 0.1) is 0 Å². The molecule has 3 nitrogen and oxygen atoms in total. The maximum atomic E-state index is 13.2. The predicted molar refractivity (Wildman–Crippen MR) is 139 cm³/mol. The first-order chi connectivity index (χ1) is 16.2. The fourth-order valence-corrected chi connectivity index (χ4v) is 7.27. The van der Waals surface area contributed by atoms with Crippen LogP contribution in [0.3, 0.4) is 0 Å². The van der Waals surface area contributed by atoms with E-state index < -0.39 is 13.0 Å². The zero-order valence-corrected chi connectivity index (χ0v) is 19.4. The van der Waals surface area contributed by atoms with Gasteiger partial charge in [-0.1, -0.05) is 121 Å². The number of hydrogen-bond acceptors (Lipinski definition) is 3. The molecule has 4 aromatic rings. The van der Waals surface area contributed by atoms with Crippen LogP contribution in [0.2, 0.25) is 0 Å². The van der Waals surface area contributed by atoms with E-state index in [4.69, 9.17) is 9.48 Å². The van der Waals surface area contributed by atoms with E-state index in [0.29, 0.717) is 5.70 Å². The van der Waals surface area contributed by atoms with Crippen molar-refractivity contribution < 1.29 is 9.53 Å². The van der Waals surface area contributed by atoms with Crippen molar-refractivity contribution in [3.63, 3.8) is 0 Å². The third-order valence-electron chi connectivity index (χ3n) is 5.23. The molecule has 0 aliphatic rings. The van der Waals surface area contributed by atoms with Crippen LogP contribution in [0.5, 0.6) is 0 Å². The highest BCUT2D eigenvalue weighted by Crippen LogP contribution is 2.48. The van der Waals surface area contributed by atoms with Crippen LogP contribution in [0.1, 0.15) is 12.5 Å². The number of hydrogen-bond donors (Lipinski definition) is 0. The van der Waals surface area contributed by atoms with Crippen LogP contribution < -0.4 is 15.9 Å². The van der Waals surface area contributed by atoms with Gasteiger partial charge in [0.15, 0.2) is 0 Å². The fourth-order valence-electron chi connectivity index (χ4n) is 3.75. The molecule has 0 aromatic heterocycles. The van der Waals surface area contributed by atoms with Crippen molar-refractivity contribution in [2.45, 2.75) is 6.92 Å². The van der Waals surface area contributed by atoms with Crippen LogP contribution in [0.4, 0.5) is 0 Å². The zero-order chi connectivity index (χ0) is 22.9. The number of carbonyl (C=O) groups is 1. The van der Waals surface area contributed by atoms with E-state index >= 15 is 0 Å². The van der Waals surface area contributed by atoms with Gasteiger partial charge in [-0.3, -0.25) is 0 Å². The smallest absolute Gasteiger partial charge is 0.356 e. The summed E-state index contributed by atoms with van der Waals surface area (Å²) in [6, 6.07) is 40.5. The summed E-state index contributed by atoms with van der Waals surface area (Å²) in [4.78, 5) is 13.2. The van der Waals surface area contributed by atoms with E-state index in [1.807, 2.05) is 97.9 Å². The van der Waals surface area contributed by atoms with E-state index in [9.17, 15) is 4.79 Å². The molecule has 0 spiro atoms. The Morgan fingerprint density at radius 1 is 0.697 bits per heavy atom. The Balaban J connectivity index is 2.10. The summed E-state index contributed by atoms with van der Waals surface area (Å²) in [5, 5.41) is 3.22. The van der Waals surface area contributed by atoms with E-state index in [0.717, 1.165) is 21.5 Å². The van der Waals surface area contributed by atoms with Gasteiger partial charge in [0.05, 0.1) is 13.7 Å². The second-order valence-electron chi connectivity index (χ2n) is 7.40. The van der Waals surface area contributed by atoms with Gasteiger partial charge in [0.25, 0.3) is 0 Å². The van der Waals surface area contributed by atoms with Crippen LogP contribution in [-0.4, -0.2) is 12.6 Å². The minimum Gasteiger partial charge on any atom is -0.461 e. The summed E-state index contributed by atoms with van der Waals surface area (Å²) in [6.45, 7) is 2.10. The lowest BCUT2D eigenvalue weighted by Gasteiger charge is -2.27. The van der Waals surface area contributed by atoms with Gasteiger partial charge in [-0.25, -0.2) is 9.54 Å². The molecule has 4 aromatic carbocycles. The average molecular weight is 452 g/mol. The Bertz CT molecular complexity index is 1170. The van der Waals surface area contributed by atoms with Gasteiger partial charge in [0.2, 0.25) is 0 Å². The lowest BCUT2D eigenvalue weighted by molar-refractivity contribution is -0.138. The number of rotatable bonds is 7. The first-order valence-electron chi connectivity index (χ1n) is 11.0. The minimum atomic E-state index is -2.57. The largest absolute Gasteiger partial charge is 0.461 e. The molecule has 0 radical (unpaired) electrons. The minimum absolute atomic E-state index is 0.286. The highest BCUT2D eigenvalue weighted by molar-refractivity contribution is 7.87. The molecule has 0 fully saturated rings. The molecule has 0 aliphatic heterocycles. The summed E-state index contributed by atoms with van der Waals surface area (Å²) < 4.78 is 10.8. The monoisotopic (exact) mass is 451 g/mol.